The van der Waals surface area contributed by atoms with Crippen molar-refractivity contribution in [3.05, 3.63) is 30.6 Å². The molecule has 0 saturated heterocycles. The molecule has 0 aliphatic rings. The number of aromatic nitrogens is 1. The van der Waals surface area contributed by atoms with Crippen molar-refractivity contribution in [2.75, 3.05) is 5.32 Å². The molecular weight excluding hydrogens is 152 g/mol. The largest absolute Gasteiger partial charge is 0.327 e. The molecule has 1 heterocycles. The van der Waals surface area contributed by atoms with E-state index in [1.807, 2.05) is 13.0 Å². The highest BCUT2D eigenvalue weighted by molar-refractivity contribution is 5.73. The second-order valence-corrected chi connectivity index (χ2v) is 2.50. The summed E-state index contributed by atoms with van der Waals surface area (Å²) in [6.07, 6.45) is 3.92. The Morgan fingerprint density at radius 1 is 1.67 bits per heavy atom. The summed E-state index contributed by atoms with van der Waals surface area (Å²) >= 11 is 0. The van der Waals surface area contributed by atoms with Gasteiger partial charge in [0, 0.05) is 6.20 Å². The molecule has 0 aliphatic heterocycles. The molecule has 0 spiro atoms. The minimum Gasteiger partial charge on any atom is -0.327 e. The molecule has 12 heavy (non-hydrogen) atoms. The Bertz CT molecular complexity index is 307. The van der Waals surface area contributed by atoms with Gasteiger partial charge in [-0.15, -0.1) is 0 Å². The first kappa shape index (κ1) is 8.46. The van der Waals surface area contributed by atoms with E-state index in [4.69, 9.17) is 0 Å². The van der Waals surface area contributed by atoms with Gasteiger partial charge in [0.15, 0.2) is 0 Å². The van der Waals surface area contributed by atoms with Crippen molar-refractivity contribution in [1.82, 2.24) is 4.98 Å². The van der Waals surface area contributed by atoms with Crippen molar-refractivity contribution in [3.8, 4) is 0 Å². The molecule has 0 fully saturated rings. The fourth-order valence-corrected chi connectivity index (χ4v) is 0.820. The summed E-state index contributed by atoms with van der Waals surface area (Å²) in [4.78, 5) is 14.0. The first-order chi connectivity index (χ1) is 5.74. The molecule has 0 radical (unpaired) electrons. The zero-order chi connectivity index (χ0) is 8.97. The Balaban J connectivity index is 2.95. The molecule has 3 nitrogen and oxygen atoms in total. The predicted octanol–water partition coefficient (Wildman–Crippen LogP) is 1.68. The van der Waals surface area contributed by atoms with Gasteiger partial charge in [0.05, 0.1) is 11.9 Å². The normalized spacial score (nSPS) is 9.08. The Hall–Kier alpha value is -1.64. The summed E-state index contributed by atoms with van der Waals surface area (Å²) in [6.45, 7) is 5.66. The lowest BCUT2D eigenvalue weighted by Gasteiger charge is -2.01. The molecule has 1 rings (SSSR count). The van der Waals surface area contributed by atoms with E-state index in [0.29, 0.717) is 12.1 Å². The van der Waals surface area contributed by atoms with Gasteiger partial charge in [-0.3, -0.25) is 9.78 Å². The topological polar surface area (TPSA) is 42.0 Å². The molecule has 0 atom stereocenters. The first-order valence-corrected chi connectivity index (χ1v) is 3.55. The van der Waals surface area contributed by atoms with Gasteiger partial charge >= 0.3 is 0 Å². The number of carbonyl (C=O) groups is 1. The average molecular weight is 162 g/mol. The lowest BCUT2D eigenvalue weighted by molar-refractivity contribution is -0.105. The molecule has 1 amide bonds. The van der Waals surface area contributed by atoms with Crippen LogP contribution in [0.15, 0.2) is 25.0 Å². The standard InChI is InChI=1S/C9H10N2O/c1-7(2)8-3-9(11-6-12)5-10-4-8/h3-6H,1H2,2H3,(H,11,12). The van der Waals surface area contributed by atoms with E-state index in [1.165, 1.54) is 0 Å². The molecule has 1 N–H and O–H groups in total. The number of anilines is 1. The number of hydrogen-bond donors (Lipinski definition) is 1. The van der Waals surface area contributed by atoms with E-state index >= 15 is 0 Å². The summed E-state index contributed by atoms with van der Waals surface area (Å²) in [5, 5.41) is 2.52. The van der Waals surface area contributed by atoms with Crippen LogP contribution in [0.2, 0.25) is 0 Å². The molecule has 0 saturated carbocycles. The summed E-state index contributed by atoms with van der Waals surface area (Å²) in [6, 6.07) is 1.82. The monoisotopic (exact) mass is 162 g/mol. The van der Waals surface area contributed by atoms with Crippen LogP contribution in [0.4, 0.5) is 5.69 Å². The first-order valence-electron chi connectivity index (χ1n) is 3.55. The molecule has 3 heteroatoms. The molecule has 0 aliphatic carbocycles. The number of hydrogen-bond acceptors (Lipinski definition) is 2. The van der Waals surface area contributed by atoms with Crippen molar-refractivity contribution in [1.29, 1.82) is 0 Å². The van der Waals surface area contributed by atoms with Crippen LogP contribution >= 0.6 is 0 Å². The lowest BCUT2D eigenvalue weighted by Crippen LogP contribution is -1.94. The highest BCUT2D eigenvalue weighted by Crippen LogP contribution is 2.13. The van der Waals surface area contributed by atoms with E-state index in [9.17, 15) is 4.79 Å². The second kappa shape index (κ2) is 3.67. The fourth-order valence-electron chi connectivity index (χ4n) is 0.820. The Kier molecular flexibility index (Phi) is 2.58. The molecule has 0 bridgehead atoms. The van der Waals surface area contributed by atoms with Crippen molar-refractivity contribution in [2.45, 2.75) is 6.92 Å². The van der Waals surface area contributed by atoms with Crippen LogP contribution < -0.4 is 5.32 Å². The third-order valence-corrected chi connectivity index (χ3v) is 1.46. The van der Waals surface area contributed by atoms with Gasteiger partial charge in [0.25, 0.3) is 0 Å². The van der Waals surface area contributed by atoms with Crippen LogP contribution in [0.1, 0.15) is 12.5 Å². The van der Waals surface area contributed by atoms with Gasteiger partial charge in [-0.1, -0.05) is 6.58 Å². The molecular formula is C9H10N2O. The maximum absolute atomic E-state index is 10.1. The summed E-state index contributed by atoms with van der Waals surface area (Å²) < 4.78 is 0. The van der Waals surface area contributed by atoms with E-state index in [-0.39, 0.29) is 0 Å². The number of carbonyl (C=O) groups excluding carboxylic acids is 1. The Morgan fingerprint density at radius 3 is 3.00 bits per heavy atom. The molecule has 0 aromatic carbocycles. The average Bonchev–Trinajstić information content (AvgIpc) is 2.05. The zero-order valence-electron chi connectivity index (χ0n) is 6.87. The maximum atomic E-state index is 10.1. The smallest absolute Gasteiger partial charge is 0.211 e. The lowest BCUT2D eigenvalue weighted by atomic mass is 10.1. The van der Waals surface area contributed by atoms with Gasteiger partial charge in [0.2, 0.25) is 6.41 Å². The van der Waals surface area contributed by atoms with Crippen LogP contribution in [0.3, 0.4) is 0 Å². The minimum atomic E-state index is 0.624. The van der Waals surface area contributed by atoms with Crippen molar-refractivity contribution >= 4 is 17.7 Å². The van der Waals surface area contributed by atoms with E-state index < -0.39 is 0 Å². The maximum Gasteiger partial charge on any atom is 0.211 e. The number of amides is 1. The second-order valence-electron chi connectivity index (χ2n) is 2.50. The van der Waals surface area contributed by atoms with Gasteiger partial charge in [-0.25, -0.2) is 0 Å². The van der Waals surface area contributed by atoms with Crippen LogP contribution in [-0.4, -0.2) is 11.4 Å². The summed E-state index contributed by atoms with van der Waals surface area (Å²) in [5.41, 5.74) is 2.55. The van der Waals surface area contributed by atoms with Crippen molar-refractivity contribution in [3.63, 3.8) is 0 Å². The molecule has 1 aromatic rings. The number of pyridine rings is 1. The van der Waals surface area contributed by atoms with Gasteiger partial charge in [-0.2, -0.15) is 0 Å². The van der Waals surface area contributed by atoms with Gasteiger partial charge < -0.3 is 5.32 Å². The van der Waals surface area contributed by atoms with Gasteiger partial charge in [-0.05, 0) is 24.1 Å². The highest BCUT2D eigenvalue weighted by atomic mass is 16.1. The Morgan fingerprint density at radius 2 is 2.42 bits per heavy atom. The third kappa shape index (κ3) is 1.92. The minimum absolute atomic E-state index is 0.624. The number of rotatable bonds is 3. The zero-order valence-corrected chi connectivity index (χ0v) is 6.87. The number of nitrogens with one attached hydrogen (secondary N) is 1. The molecule has 62 valence electrons. The van der Waals surface area contributed by atoms with Crippen LogP contribution in [0, 0.1) is 0 Å². The van der Waals surface area contributed by atoms with Crippen LogP contribution in [0.25, 0.3) is 5.57 Å². The Labute approximate surface area is 71.1 Å². The van der Waals surface area contributed by atoms with Crippen LogP contribution in [-0.2, 0) is 4.79 Å². The summed E-state index contributed by atoms with van der Waals surface area (Å²) in [7, 11) is 0. The quantitative estimate of drug-likeness (QED) is 0.687. The van der Waals surface area contributed by atoms with E-state index in [0.717, 1.165) is 11.1 Å². The fraction of sp³-hybridized carbons (Fsp3) is 0.111. The number of allylic oxidation sites excluding steroid dienone is 1. The van der Waals surface area contributed by atoms with E-state index in [1.54, 1.807) is 12.4 Å². The van der Waals surface area contributed by atoms with Gasteiger partial charge in [0.1, 0.15) is 0 Å². The molecule has 0 unspecified atom stereocenters. The molecule has 1 aromatic heterocycles. The number of nitrogens with zero attached hydrogens (tertiary/aromatic N) is 1. The predicted molar refractivity (Wildman–Crippen MR) is 48.6 cm³/mol. The third-order valence-electron chi connectivity index (χ3n) is 1.46. The highest BCUT2D eigenvalue weighted by Gasteiger charge is 1.95. The SMILES string of the molecule is C=C(C)c1cncc(NC=O)c1. The van der Waals surface area contributed by atoms with E-state index in [2.05, 4.69) is 16.9 Å². The van der Waals surface area contributed by atoms with Crippen molar-refractivity contribution < 1.29 is 4.79 Å². The summed E-state index contributed by atoms with van der Waals surface area (Å²) in [5.74, 6) is 0. The van der Waals surface area contributed by atoms with Crippen molar-refractivity contribution in [2.24, 2.45) is 0 Å². The van der Waals surface area contributed by atoms with Crippen LogP contribution in [0.5, 0.6) is 0 Å².